The van der Waals surface area contributed by atoms with E-state index in [2.05, 4.69) is 4.90 Å². The van der Waals surface area contributed by atoms with Crippen molar-refractivity contribution in [3.05, 3.63) is 29.8 Å². The molecule has 1 aliphatic rings. The van der Waals surface area contributed by atoms with Crippen molar-refractivity contribution in [2.24, 2.45) is 0 Å². The van der Waals surface area contributed by atoms with Crippen molar-refractivity contribution >= 4 is 5.69 Å². The summed E-state index contributed by atoms with van der Waals surface area (Å²) in [5.41, 5.74) is 2.13. The van der Waals surface area contributed by atoms with Gasteiger partial charge in [-0.25, -0.2) is 0 Å². The molecule has 0 aliphatic carbocycles. The summed E-state index contributed by atoms with van der Waals surface area (Å²) in [5, 5.41) is 19.2. The first kappa shape index (κ1) is 11.4. The monoisotopic (exact) mass is 221 g/mol. The molecule has 2 unspecified atom stereocenters. The van der Waals surface area contributed by atoms with E-state index in [9.17, 15) is 10.2 Å². The van der Waals surface area contributed by atoms with Gasteiger partial charge in [0.25, 0.3) is 0 Å². The molecule has 0 radical (unpaired) electrons. The Morgan fingerprint density at radius 1 is 1.44 bits per heavy atom. The van der Waals surface area contributed by atoms with Gasteiger partial charge in [0.1, 0.15) is 0 Å². The fourth-order valence-electron chi connectivity index (χ4n) is 2.19. The summed E-state index contributed by atoms with van der Waals surface area (Å²) >= 11 is 0. The third-order valence-electron chi connectivity index (χ3n) is 3.13. The summed E-state index contributed by atoms with van der Waals surface area (Å²) in [6.45, 7) is 3.52. The van der Waals surface area contributed by atoms with Gasteiger partial charge in [-0.15, -0.1) is 0 Å². The molecule has 3 nitrogen and oxygen atoms in total. The van der Waals surface area contributed by atoms with Gasteiger partial charge in [-0.3, -0.25) is 0 Å². The van der Waals surface area contributed by atoms with Crippen molar-refractivity contribution in [1.82, 2.24) is 0 Å². The highest BCUT2D eigenvalue weighted by molar-refractivity contribution is 5.56. The number of aliphatic hydroxyl groups excluding tert-OH is 2. The highest BCUT2D eigenvalue weighted by Gasteiger charge is 2.22. The van der Waals surface area contributed by atoms with Crippen LogP contribution in [0, 0.1) is 0 Å². The number of hydrogen-bond acceptors (Lipinski definition) is 3. The molecule has 3 heteroatoms. The van der Waals surface area contributed by atoms with E-state index in [1.54, 1.807) is 0 Å². The molecule has 1 aromatic rings. The fraction of sp³-hybridized carbons (Fsp3) is 0.538. The molecule has 1 aromatic carbocycles. The molecular weight excluding hydrogens is 202 g/mol. The summed E-state index contributed by atoms with van der Waals surface area (Å²) in [6, 6.07) is 7.97. The van der Waals surface area contributed by atoms with Gasteiger partial charge in [-0.2, -0.15) is 0 Å². The molecule has 0 saturated carbocycles. The van der Waals surface area contributed by atoms with Crippen LogP contribution in [0.4, 0.5) is 5.69 Å². The number of fused-ring (bicyclic) bond motifs is 1. The lowest BCUT2D eigenvalue weighted by atomic mass is 9.98. The first-order valence-electron chi connectivity index (χ1n) is 5.88. The maximum atomic E-state index is 9.88. The van der Waals surface area contributed by atoms with Crippen molar-refractivity contribution in [2.75, 3.05) is 18.0 Å². The van der Waals surface area contributed by atoms with Gasteiger partial charge in [0.2, 0.25) is 0 Å². The SMILES string of the molecule is CC(O)CCN1CCC(O)c2ccccc21. The Bertz CT molecular complexity index is 352. The topological polar surface area (TPSA) is 43.7 Å². The third-order valence-corrected chi connectivity index (χ3v) is 3.13. The number of nitrogens with zero attached hydrogens (tertiary/aromatic N) is 1. The average Bonchev–Trinajstić information content (AvgIpc) is 2.28. The predicted molar refractivity (Wildman–Crippen MR) is 64.5 cm³/mol. The number of para-hydroxylation sites is 1. The molecule has 0 bridgehead atoms. The van der Waals surface area contributed by atoms with Crippen molar-refractivity contribution < 1.29 is 10.2 Å². The average molecular weight is 221 g/mol. The zero-order valence-electron chi connectivity index (χ0n) is 9.63. The second kappa shape index (κ2) is 4.85. The van der Waals surface area contributed by atoms with Gasteiger partial charge in [-0.1, -0.05) is 18.2 Å². The third kappa shape index (κ3) is 2.36. The Balaban J connectivity index is 2.15. The molecule has 0 saturated heterocycles. The Morgan fingerprint density at radius 2 is 2.19 bits per heavy atom. The van der Waals surface area contributed by atoms with Crippen LogP contribution in [0.3, 0.4) is 0 Å². The molecule has 2 N–H and O–H groups in total. The van der Waals surface area contributed by atoms with Crippen LogP contribution in [0.5, 0.6) is 0 Å². The minimum Gasteiger partial charge on any atom is -0.393 e. The Hall–Kier alpha value is -1.06. The van der Waals surface area contributed by atoms with Gasteiger partial charge in [0.05, 0.1) is 12.2 Å². The molecule has 88 valence electrons. The van der Waals surface area contributed by atoms with Gasteiger partial charge < -0.3 is 15.1 Å². The minimum absolute atomic E-state index is 0.265. The van der Waals surface area contributed by atoms with E-state index < -0.39 is 0 Å². The second-order valence-electron chi connectivity index (χ2n) is 4.49. The lowest BCUT2D eigenvalue weighted by molar-refractivity contribution is 0.161. The smallest absolute Gasteiger partial charge is 0.0826 e. The Morgan fingerprint density at radius 3 is 2.94 bits per heavy atom. The summed E-state index contributed by atoms with van der Waals surface area (Å²) in [6.07, 6.45) is 0.944. The standard InChI is InChI=1S/C13H19NO2/c1-10(15)6-8-14-9-7-13(16)11-4-2-3-5-12(11)14/h2-5,10,13,15-16H,6-9H2,1H3. The molecule has 16 heavy (non-hydrogen) atoms. The first-order valence-corrected chi connectivity index (χ1v) is 5.88. The minimum atomic E-state index is -0.334. The molecule has 0 amide bonds. The molecule has 0 fully saturated rings. The van der Waals surface area contributed by atoms with E-state index in [0.717, 1.165) is 37.2 Å². The van der Waals surface area contributed by atoms with Crippen LogP contribution in [0.15, 0.2) is 24.3 Å². The summed E-state index contributed by atoms with van der Waals surface area (Å²) < 4.78 is 0. The Labute approximate surface area is 96.3 Å². The zero-order valence-corrected chi connectivity index (χ0v) is 9.63. The molecule has 2 rings (SSSR count). The van der Waals surface area contributed by atoms with Gasteiger partial charge in [0, 0.05) is 24.3 Å². The van der Waals surface area contributed by atoms with Gasteiger partial charge >= 0.3 is 0 Å². The van der Waals surface area contributed by atoms with Crippen LogP contribution in [0.25, 0.3) is 0 Å². The van der Waals surface area contributed by atoms with E-state index in [1.807, 2.05) is 31.2 Å². The van der Waals surface area contributed by atoms with Gasteiger partial charge in [0.15, 0.2) is 0 Å². The maximum absolute atomic E-state index is 9.88. The normalized spacial score (nSPS) is 21.7. The van der Waals surface area contributed by atoms with E-state index >= 15 is 0 Å². The number of benzene rings is 1. The Kier molecular flexibility index (Phi) is 3.46. The van der Waals surface area contributed by atoms with Crippen LogP contribution in [0.1, 0.15) is 31.4 Å². The van der Waals surface area contributed by atoms with Crippen molar-refractivity contribution in [2.45, 2.75) is 32.0 Å². The first-order chi connectivity index (χ1) is 7.68. The van der Waals surface area contributed by atoms with E-state index in [0.29, 0.717) is 0 Å². The number of rotatable bonds is 3. The maximum Gasteiger partial charge on any atom is 0.0826 e. The van der Waals surface area contributed by atoms with Crippen molar-refractivity contribution in [3.63, 3.8) is 0 Å². The summed E-state index contributed by atoms with van der Waals surface area (Å²) in [5.74, 6) is 0. The lowest BCUT2D eigenvalue weighted by Gasteiger charge is -2.34. The highest BCUT2D eigenvalue weighted by atomic mass is 16.3. The summed E-state index contributed by atoms with van der Waals surface area (Å²) in [4.78, 5) is 2.24. The molecule has 0 spiro atoms. The zero-order chi connectivity index (χ0) is 11.5. The second-order valence-corrected chi connectivity index (χ2v) is 4.49. The van der Waals surface area contributed by atoms with E-state index in [1.165, 1.54) is 0 Å². The number of anilines is 1. The van der Waals surface area contributed by atoms with Crippen LogP contribution < -0.4 is 4.90 Å². The van der Waals surface area contributed by atoms with Crippen LogP contribution in [0.2, 0.25) is 0 Å². The van der Waals surface area contributed by atoms with Crippen molar-refractivity contribution in [1.29, 1.82) is 0 Å². The highest BCUT2D eigenvalue weighted by Crippen LogP contribution is 2.33. The molecule has 1 aliphatic heterocycles. The largest absolute Gasteiger partial charge is 0.393 e. The van der Waals surface area contributed by atoms with Crippen LogP contribution in [-0.2, 0) is 0 Å². The van der Waals surface area contributed by atoms with Crippen LogP contribution >= 0.6 is 0 Å². The molecule has 1 heterocycles. The molecular formula is C13H19NO2. The summed E-state index contributed by atoms with van der Waals surface area (Å²) in [7, 11) is 0. The van der Waals surface area contributed by atoms with Gasteiger partial charge in [-0.05, 0) is 25.8 Å². The predicted octanol–water partition coefficient (Wildman–Crippen LogP) is 1.70. The van der Waals surface area contributed by atoms with E-state index in [-0.39, 0.29) is 12.2 Å². The van der Waals surface area contributed by atoms with Crippen molar-refractivity contribution in [3.8, 4) is 0 Å². The number of hydrogen-bond donors (Lipinski definition) is 2. The van der Waals surface area contributed by atoms with E-state index in [4.69, 9.17) is 0 Å². The fourth-order valence-corrected chi connectivity index (χ4v) is 2.19. The quantitative estimate of drug-likeness (QED) is 0.816. The lowest BCUT2D eigenvalue weighted by Crippen LogP contribution is -2.33. The van der Waals surface area contributed by atoms with Crippen LogP contribution in [-0.4, -0.2) is 29.4 Å². The molecule has 2 atom stereocenters. The molecule has 0 aromatic heterocycles. The number of aliphatic hydroxyl groups is 2.